The van der Waals surface area contributed by atoms with Crippen LogP contribution in [0.2, 0.25) is 0 Å². The van der Waals surface area contributed by atoms with Gasteiger partial charge in [-0.25, -0.2) is 9.59 Å². The van der Waals surface area contributed by atoms with Crippen molar-refractivity contribution in [3.63, 3.8) is 0 Å². The fourth-order valence-corrected chi connectivity index (χ4v) is 4.41. The van der Waals surface area contributed by atoms with Crippen molar-refractivity contribution in [2.75, 3.05) is 11.9 Å². The summed E-state index contributed by atoms with van der Waals surface area (Å²) >= 11 is 0.141. The lowest BCUT2D eigenvalue weighted by Crippen LogP contribution is -2.18. The molecular formula is C21H14F3NO4S. The Labute approximate surface area is 172 Å². The number of ether oxygens (including phenoxy) is 1. The Kier molecular flexibility index (Phi) is 4.98. The highest BCUT2D eigenvalue weighted by Crippen LogP contribution is 2.44. The molecule has 0 saturated carbocycles. The number of carbonyl (C=O) groups excluding carboxylic acids is 1. The number of carboxylic acid groups (broad SMARTS) is 1. The highest BCUT2D eigenvalue weighted by Gasteiger charge is 2.35. The molecule has 9 heteroatoms. The first-order chi connectivity index (χ1) is 14.3. The summed E-state index contributed by atoms with van der Waals surface area (Å²) in [5.74, 6) is -1.80. The molecule has 0 unspecified atom stereocenters. The second-order valence-corrected chi connectivity index (χ2v) is 7.66. The molecule has 4 rings (SSSR count). The number of hydrogen-bond donors (Lipinski definition) is 2. The Morgan fingerprint density at radius 2 is 1.60 bits per heavy atom. The lowest BCUT2D eigenvalue weighted by molar-refractivity contribution is -0.134. The van der Waals surface area contributed by atoms with Crippen molar-refractivity contribution in [2.45, 2.75) is 12.1 Å². The molecule has 1 aromatic heterocycles. The second-order valence-electron chi connectivity index (χ2n) is 6.61. The number of fused-ring (bicyclic) bond motifs is 3. The number of amides is 1. The van der Waals surface area contributed by atoms with Crippen molar-refractivity contribution < 1.29 is 32.6 Å². The minimum Gasteiger partial charge on any atom is -0.478 e. The first-order valence-corrected chi connectivity index (χ1v) is 9.63. The number of carbonyl (C=O) groups is 2. The predicted octanol–water partition coefficient (Wildman–Crippen LogP) is 5.83. The number of thiophene rings is 1. The van der Waals surface area contributed by atoms with E-state index in [9.17, 15) is 22.8 Å². The molecule has 0 aliphatic heterocycles. The highest BCUT2D eigenvalue weighted by molar-refractivity contribution is 7.16. The molecule has 0 fully saturated rings. The Morgan fingerprint density at radius 1 is 1.03 bits per heavy atom. The summed E-state index contributed by atoms with van der Waals surface area (Å²) in [6.07, 6.45) is -5.73. The summed E-state index contributed by atoms with van der Waals surface area (Å²) in [5.41, 5.74) is 3.38. The Morgan fingerprint density at radius 3 is 2.13 bits per heavy atom. The van der Waals surface area contributed by atoms with Gasteiger partial charge in [-0.15, -0.1) is 11.3 Å². The highest BCUT2D eigenvalue weighted by atomic mass is 32.1. The molecule has 1 heterocycles. The van der Waals surface area contributed by atoms with Gasteiger partial charge in [-0.2, -0.15) is 13.2 Å². The first kappa shape index (κ1) is 20.0. The quantitative estimate of drug-likeness (QED) is 0.543. The van der Waals surface area contributed by atoms with Crippen molar-refractivity contribution in [1.29, 1.82) is 0 Å². The van der Waals surface area contributed by atoms with Gasteiger partial charge in [0, 0.05) is 5.92 Å². The average molecular weight is 433 g/mol. The molecule has 0 spiro atoms. The van der Waals surface area contributed by atoms with Crippen LogP contribution in [0, 0.1) is 0 Å². The molecule has 1 amide bonds. The molecule has 1 aliphatic rings. The van der Waals surface area contributed by atoms with Gasteiger partial charge in [0.2, 0.25) is 0 Å². The standard InChI is InChI=1S/C21H14F3NO4S/c22-21(23,24)17-9-15(19(26)27)18(30-17)25-20(28)29-10-16-13-7-3-1-5-11(13)12-6-2-4-8-14(12)16/h1-9,16H,10H2,(H,25,28)(H,26,27). The Balaban J connectivity index is 1.51. The van der Waals surface area contributed by atoms with Crippen LogP contribution in [0.4, 0.5) is 23.0 Å². The number of benzene rings is 2. The molecule has 0 radical (unpaired) electrons. The smallest absolute Gasteiger partial charge is 0.425 e. The van der Waals surface area contributed by atoms with Crippen LogP contribution in [0.1, 0.15) is 32.3 Å². The molecule has 1 aliphatic carbocycles. The van der Waals surface area contributed by atoms with E-state index in [0.29, 0.717) is 6.07 Å². The van der Waals surface area contributed by atoms with E-state index in [1.54, 1.807) is 0 Å². The second kappa shape index (κ2) is 7.49. The van der Waals surface area contributed by atoms with Crippen molar-refractivity contribution >= 4 is 28.4 Å². The van der Waals surface area contributed by atoms with E-state index in [0.717, 1.165) is 22.3 Å². The molecular weight excluding hydrogens is 419 g/mol. The Bertz CT molecular complexity index is 1090. The number of rotatable bonds is 4. The fraction of sp³-hybridized carbons (Fsp3) is 0.143. The van der Waals surface area contributed by atoms with Gasteiger partial charge in [0.05, 0.1) is 5.56 Å². The van der Waals surface area contributed by atoms with Crippen LogP contribution >= 0.6 is 11.3 Å². The molecule has 5 nitrogen and oxygen atoms in total. The molecule has 0 atom stereocenters. The number of carboxylic acids is 1. The Hall–Kier alpha value is -3.33. The van der Waals surface area contributed by atoms with E-state index in [1.807, 2.05) is 48.5 Å². The predicted molar refractivity (Wildman–Crippen MR) is 105 cm³/mol. The van der Waals surface area contributed by atoms with Crippen LogP contribution in [0.3, 0.4) is 0 Å². The summed E-state index contributed by atoms with van der Waals surface area (Å²) in [4.78, 5) is 22.3. The molecule has 0 bridgehead atoms. The molecule has 154 valence electrons. The summed E-state index contributed by atoms with van der Waals surface area (Å²) in [6.45, 7) is -0.0419. The summed E-state index contributed by atoms with van der Waals surface area (Å²) in [6, 6.07) is 15.9. The van der Waals surface area contributed by atoms with Crippen LogP contribution in [0.15, 0.2) is 54.6 Å². The van der Waals surface area contributed by atoms with E-state index < -0.39 is 33.7 Å². The summed E-state index contributed by atoms with van der Waals surface area (Å²) in [5, 5.41) is 10.8. The van der Waals surface area contributed by atoms with Gasteiger partial charge >= 0.3 is 18.2 Å². The van der Waals surface area contributed by atoms with Gasteiger partial charge in [0.15, 0.2) is 0 Å². The zero-order valence-corrected chi connectivity index (χ0v) is 16.0. The van der Waals surface area contributed by atoms with Gasteiger partial charge in [-0.05, 0) is 28.3 Å². The van der Waals surface area contributed by atoms with Crippen molar-refractivity contribution in [1.82, 2.24) is 0 Å². The normalized spacial score (nSPS) is 12.9. The third-order valence-corrected chi connectivity index (χ3v) is 5.90. The molecule has 2 N–H and O–H groups in total. The molecule has 30 heavy (non-hydrogen) atoms. The third kappa shape index (κ3) is 3.63. The van der Waals surface area contributed by atoms with Gasteiger partial charge in [0.25, 0.3) is 0 Å². The SMILES string of the molecule is O=C(Nc1sc(C(F)(F)F)cc1C(=O)O)OCC1c2ccccc2-c2ccccc21. The molecule has 0 saturated heterocycles. The lowest BCUT2D eigenvalue weighted by atomic mass is 9.98. The number of hydrogen-bond acceptors (Lipinski definition) is 4. The summed E-state index contributed by atoms with van der Waals surface area (Å²) < 4.78 is 43.9. The number of alkyl halides is 3. The van der Waals surface area contributed by atoms with Crippen LogP contribution in [-0.4, -0.2) is 23.8 Å². The lowest BCUT2D eigenvalue weighted by Gasteiger charge is -2.14. The maximum Gasteiger partial charge on any atom is 0.425 e. The largest absolute Gasteiger partial charge is 0.478 e. The van der Waals surface area contributed by atoms with Crippen molar-refractivity contribution in [2.24, 2.45) is 0 Å². The molecule has 2 aromatic carbocycles. The number of aromatic carboxylic acids is 1. The first-order valence-electron chi connectivity index (χ1n) is 8.82. The van der Waals surface area contributed by atoms with Crippen molar-refractivity contribution in [3.8, 4) is 11.1 Å². The van der Waals surface area contributed by atoms with Gasteiger partial charge in [0.1, 0.15) is 16.5 Å². The zero-order valence-electron chi connectivity index (χ0n) is 15.2. The number of anilines is 1. The average Bonchev–Trinajstić information content (AvgIpc) is 3.26. The van der Waals surface area contributed by atoms with E-state index in [1.165, 1.54) is 0 Å². The van der Waals surface area contributed by atoms with E-state index in [-0.39, 0.29) is 23.9 Å². The minimum absolute atomic E-state index is 0.0419. The molecule has 3 aromatic rings. The van der Waals surface area contributed by atoms with Gasteiger partial charge < -0.3 is 9.84 Å². The monoisotopic (exact) mass is 433 g/mol. The maximum atomic E-state index is 12.9. The fourth-order valence-electron chi connectivity index (χ4n) is 3.51. The van der Waals surface area contributed by atoms with Crippen LogP contribution in [0.5, 0.6) is 0 Å². The summed E-state index contributed by atoms with van der Waals surface area (Å²) in [7, 11) is 0. The minimum atomic E-state index is -4.71. The third-order valence-electron chi connectivity index (χ3n) is 4.80. The van der Waals surface area contributed by atoms with Crippen LogP contribution in [0.25, 0.3) is 11.1 Å². The van der Waals surface area contributed by atoms with Crippen molar-refractivity contribution in [3.05, 3.63) is 76.2 Å². The maximum absolute atomic E-state index is 12.9. The van der Waals surface area contributed by atoms with E-state index in [4.69, 9.17) is 9.84 Å². The van der Waals surface area contributed by atoms with E-state index in [2.05, 4.69) is 5.32 Å². The number of halogens is 3. The van der Waals surface area contributed by atoms with E-state index >= 15 is 0 Å². The zero-order chi connectivity index (χ0) is 21.5. The van der Waals surface area contributed by atoms with Gasteiger partial charge in [-0.3, -0.25) is 5.32 Å². The van der Waals surface area contributed by atoms with Crippen LogP contribution < -0.4 is 5.32 Å². The number of nitrogens with one attached hydrogen (secondary N) is 1. The topological polar surface area (TPSA) is 75.6 Å². The van der Waals surface area contributed by atoms with Gasteiger partial charge in [-0.1, -0.05) is 48.5 Å². The van der Waals surface area contributed by atoms with Crippen LogP contribution in [-0.2, 0) is 10.9 Å².